The van der Waals surface area contributed by atoms with Gasteiger partial charge in [-0.3, -0.25) is 14.5 Å². The minimum absolute atomic E-state index is 0.160. The molecule has 1 aliphatic heterocycles. The average molecular weight is 526 g/mol. The normalized spacial score (nSPS) is 21.6. The summed E-state index contributed by atoms with van der Waals surface area (Å²) in [7, 11) is 0. The minimum atomic E-state index is -0.655. The highest BCUT2D eigenvalue weighted by molar-refractivity contribution is 7.98. The maximum Gasteiger partial charge on any atom is 0.254 e. The Hall–Kier alpha value is -2.65. The van der Waals surface area contributed by atoms with Crippen molar-refractivity contribution in [2.24, 2.45) is 5.92 Å². The van der Waals surface area contributed by atoms with Gasteiger partial charge in [-0.2, -0.15) is 0 Å². The molecule has 1 atom stereocenters. The highest BCUT2D eigenvalue weighted by Crippen LogP contribution is 2.39. The van der Waals surface area contributed by atoms with Crippen LogP contribution in [0.4, 0.5) is 4.39 Å². The molecule has 0 unspecified atom stereocenters. The lowest BCUT2D eigenvalue weighted by molar-refractivity contribution is 0.00541. The van der Waals surface area contributed by atoms with Crippen LogP contribution >= 0.6 is 11.8 Å². The molecule has 2 N–H and O–H groups in total. The van der Waals surface area contributed by atoms with E-state index in [1.54, 1.807) is 6.20 Å². The van der Waals surface area contributed by atoms with E-state index >= 15 is 0 Å². The lowest BCUT2D eigenvalue weighted by Crippen LogP contribution is -2.54. The lowest BCUT2D eigenvalue weighted by atomic mass is 9.80. The van der Waals surface area contributed by atoms with Crippen LogP contribution in [0.2, 0.25) is 0 Å². The number of nitrogens with one attached hydrogen (secondary N) is 2. The van der Waals surface area contributed by atoms with Gasteiger partial charge < -0.3 is 14.9 Å². The Morgan fingerprint density at radius 3 is 2.68 bits per heavy atom. The second kappa shape index (κ2) is 10.6. The van der Waals surface area contributed by atoms with Crippen molar-refractivity contribution in [2.45, 2.75) is 76.2 Å². The fourth-order valence-corrected chi connectivity index (χ4v) is 6.96. The zero-order valence-electron chi connectivity index (χ0n) is 22.0. The first kappa shape index (κ1) is 26.0. The van der Waals surface area contributed by atoms with E-state index in [-0.39, 0.29) is 24.1 Å². The zero-order valence-corrected chi connectivity index (χ0v) is 22.8. The molecule has 5 rings (SSSR count). The van der Waals surface area contributed by atoms with Crippen molar-refractivity contribution >= 4 is 28.7 Å². The lowest BCUT2D eigenvalue weighted by Gasteiger charge is -2.44. The molecule has 2 fully saturated rings. The van der Waals surface area contributed by atoms with Crippen molar-refractivity contribution in [3.05, 3.63) is 57.3 Å². The van der Waals surface area contributed by atoms with Gasteiger partial charge in [0.15, 0.2) is 0 Å². The van der Waals surface area contributed by atoms with E-state index in [0.717, 1.165) is 53.0 Å². The average Bonchev–Trinajstić information content (AvgIpc) is 3.17. The number of halogens is 1. The Labute approximate surface area is 221 Å². The van der Waals surface area contributed by atoms with Crippen LogP contribution in [0, 0.1) is 19.8 Å². The molecule has 7 nitrogen and oxygen atoms in total. The van der Waals surface area contributed by atoms with E-state index in [1.807, 2.05) is 38.3 Å². The van der Waals surface area contributed by atoms with Crippen LogP contribution in [0.1, 0.15) is 66.0 Å². The minimum Gasteiger partial charge on any atom is -0.348 e. The van der Waals surface area contributed by atoms with Gasteiger partial charge in [-0.1, -0.05) is 0 Å². The number of likely N-dealkylation sites (tertiary alicyclic amines) is 1. The molecule has 1 saturated carbocycles. The van der Waals surface area contributed by atoms with Crippen LogP contribution in [0.3, 0.4) is 0 Å². The zero-order chi connectivity index (χ0) is 26.3. The third-order valence-corrected chi connectivity index (χ3v) is 9.13. The van der Waals surface area contributed by atoms with Gasteiger partial charge in [0.2, 0.25) is 0 Å². The number of thioether (sulfide) groups is 1. The van der Waals surface area contributed by atoms with Crippen molar-refractivity contribution in [1.82, 2.24) is 24.8 Å². The molecular formula is C28H36FN5O2S. The largest absolute Gasteiger partial charge is 0.348 e. The Morgan fingerprint density at radius 1 is 1.27 bits per heavy atom. The number of amides is 1. The number of H-pyrrole nitrogens is 1. The molecule has 1 saturated heterocycles. The van der Waals surface area contributed by atoms with Crippen molar-refractivity contribution in [3.8, 4) is 0 Å². The monoisotopic (exact) mass is 525 g/mol. The molecule has 2 aliphatic rings. The molecular weight excluding hydrogens is 489 g/mol. The SMILES string of the molecule is CSc1cc(C)[nH]c(=O)c1CNC(=O)c1c(C)n([C@H](C)C2CCC(N3CC(F)C3)CC2)c2ncccc12. The molecule has 0 bridgehead atoms. The topological polar surface area (TPSA) is 83.0 Å². The van der Waals surface area contributed by atoms with Crippen LogP contribution in [0.15, 0.2) is 34.1 Å². The van der Waals surface area contributed by atoms with Gasteiger partial charge in [-0.15, -0.1) is 11.8 Å². The van der Waals surface area contributed by atoms with Crippen LogP contribution in [-0.4, -0.2) is 56.9 Å². The summed E-state index contributed by atoms with van der Waals surface area (Å²) in [6.07, 6.45) is 7.39. The number of aryl methyl sites for hydroxylation is 1. The Morgan fingerprint density at radius 2 is 2.00 bits per heavy atom. The Balaban J connectivity index is 1.37. The second-order valence-corrected chi connectivity index (χ2v) is 11.4. The van der Waals surface area contributed by atoms with Crippen molar-refractivity contribution in [1.29, 1.82) is 0 Å². The molecule has 0 radical (unpaired) electrons. The van der Waals surface area contributed by atoms with Gasteiger partial charge in [0, 0.05) is 65.1 Å². The maximum absolute atomic E-state index is 13.5. The number of nitrogens with zero attached hydrogens (tertiary/aromatic N) is 3. The van der Waals surface area contributed by atoms with E-state index < -0.39 is 6.17 Å². The molecule has 198 valence electrons. The van der Waals surface area contributed by atoms with E-state index in [9.17, 15) is 14.0 Å². The number of carbonyl (C=O) groups is 1. The molecule has 0 spiro atoms. The summed E-state index contributed by atoms with van der Waals surface area (Å²) in [6, 6.07) is 6.43. The third-order valence-electron chi connectivity index (χ3n) is 8.32. The van der Waals surface area contributed by atoms with Crippen LogP contribution in [0.25, 0.3) is 11.0 Å². The Kier molecular flexibility index (Phi) is 7.45. The molecule has 9 heteroatoms. The second-order valence-electron chi connectivity index (χ2n) is 10.6. The summed E-state index contributed by atoms with van der Waals surface area (Å²) in [5, 5.41) is 3.83. The van der Waals surface area contributed by atoms with Crippen molar-refractivity contribution in [2.75, 3.05) is 19.3 Å². The Bertz CT molecular complexity index is 1350. The number of fused-ring (bicyclic) bond motifs is 1. The van der Waals surface area contributed by atoms with Crippen LogP contribution in [-0.2, 0) is 6.54 Å². The number of carbonyl (C=O) groups excluding carboxylic acids is 1. The summed E-state index contributed by atoms with van der Waals surface area (Å²) >= 11 is 1.50. The van der Waals surface area contributed by atoms with Crippen LogP contribution in [0.5, 0.6) is 0 Å². The first-order valence-corrected chi connectivity index (χ1v) is 14.4. The van der Waals surface area contributed by atoms with Gasteiger partial charge in [-0.05, 0) is 76.8 Å². The summed E-state index contributed by atoms with van der Waals surface area (Å²) in [5.74, 6) is 0.275. The number of pyridine rings is 2. The molecule has 1 aliphatic carbocycles. The summed E-state index contributed by atoms with van der Waals surface area (Å²) < 4.78 is 15.6. The van der Waals surface area contributed by atoms with Crippen molar-refractivity contribution < 1.29 is 9.18 Å². The summed E-state index contributed by atoms with van der Waals surface area (Å²) in [6.45, 7) is 7.40. The molecule has 3 aromatic heterocycles. The molecule has 3 aromatic rings. The van der Waals surface area contributed by atoms with Gasteiger partial charge in [0.05, 0.1) is 5.56 Å². The quantitative estimate of drug-likeness (QED) is 0.435. The first-order valence-electron chi connectivity index (χ1n) is 13.2. The van der Waals surface area contributed by atoms with E-state index in [1.165, 1.54) is 11.8 Å². The highest BCUT2D eigenvalue weighted by Gasteiger charge is 2.36. The van der Waals surface area contributed by atoms with E-state index in [2.05, 4.69) is 31.7 Å². The van der Waals surface area contributed by atoms with E-state index in [0.29, 0.717) is 36.2 Å². The molecule has 4 heterocycles. The first-order chi connectivity index (χ1) is 17.8. The predicted octanol–water partition coefficient (Wildman–Crippen LogP) is 4.77. The molecule has 37 heavy (non-hydrogen) atoms. The molecule has 0 aromatic carbocycles. The number of alkyl halides is 1. The van der Waals surface area contributed by atoms with Gasteiger partial charge in [-0.25, -0.2) is 9.37 Å². The number of rotatable bonds is 7. The van der Waals surface area contributed by atoms with E-state index in [4.69, 9.17) is 0 Å². The fourth-order valence-electron chi connectivity index (χ4n) is 6.25. The van der Waals surface area contributed by atoms with Crippen molar-refractivity contribution in [3.63, 3.8) is 0 Å². The number of aromatic amines is 1. The standard InChI is InChI=1S/C28H36FN5O2S/c1-16-12-24(37-4)23(27(35)32-16)13-31-28(36)25-18(3)34(26-22(25)6-5-11-30-26)17(2)19-7-9-21(10-8-19)33-14-20(29)15-33/h5-6,11-12,17,19-21H,7-10,13-15H2,1-4H3,(H,31,36)(H,32,35)/t17-,19?,21?/m1/s1. The van der Waals surface area contributed by atoms with Gasteiger partial charge in [0.1, 0.15) is 11.8 Å². The number of hydrogen-bond acceptors (Lipinski definition) is 5. The highest BCUT2D eigenvalue weighted by atomic mass is 32.2. The number of aromatic nitrogens is 3. The maximum atomic E-state index is 13.5. The predicted molar refractivity (Wildman–Crippen MR) is 146 cm³/mol. The summed E-state index contributed by atoms with van der Waals surface area (Å²) in [5.41, 5.74) is 3.53. The third kappa shape index (κ3) is 4.95. The van der Waals surface area contributed by atoms with Crippen LogP contribution < -0.4 is 10.9 Å². The smallest absolute Gasteiger partial charge is 0.254 e. The van der Waals surface area contributed by atoms with Gasteiger partial charge in [0.25, 0.3) is 11.5 Å². The fraction of sp³-hybridized carbons (Fsp3) is 0.536. The molecule has 1 amide bonds. The van der Waals surface area contributed by atoms with Gasteiger partial charge >= 0.3 is 0 Å². The number of hydrogen-bond donors (Lipinski definition) is 2. The summed E-state index contributed by atoms with van der Waals surface area (Å²) in [4.78, 5) is 36.8.